The maximum absolute atomic E-state index is 13.0. The number of imide groups is 2. The highest BCUT2D eigenvalue weighted by Crippen LogP contribution is 2.38. The van der Waals surface area contributed by atoms with E-state index in [0.29, 0.717) is 11.0 Å². The number of halogens is 3. The van der Waals surface area contributed by atoms with Gasteiger partial charge >= 0.3 is 17.9 Å². The molecular weight excluding hydrogens is 439 g/mol. The standard InChI is InChI=1S/C19H12F3N3O7/c1-32-14-7-9(6-13(15(14)26)25(30)31)5-12-16(27)23-18(29)24(17(12)28)11-4-2-3-10(8-11)19(20,21)22/h2-8,26H,1H3,(H,23,27,29). The Morgan fingerprint density at radius 2 is 1.88 bits per heavy atom. The fraction of sp³-hybridized carbons (Fsp3) is 0.105. The van der Waals surface area contributed by atoms with Crippen LogP contribution in [0.2, 0.25) is 0 Å². The summed E-state index contributed by atoms with van der Waals surface area (Å²) < 4.78 is 43.8. The van der Waals surface area contributed by atoms with Gasteiger partial charge in [0.05, 0.1) is 23.3 Å². The second-order valence-electron chi connectivity index (χ2n) is 6.35. The molecule has 10 nitrogen and oxygen atoms in total. The number of amides is 4. The van der Waals surface area contributed by atoms with Gasteiger partial charge in [0.15, 0.2) is 5.75 Å². The second kappa shape index (κ2) is 8.02. The first-order valence-corrected chi connectivity index (χ1v) is 8.58. The van der Waals surface area contributed by atoms with Gasteiger partial charge in [-0.15, -0.1) is 0 Å². The van der Waals surface area contributed by atoms with Gasteiger partial charge in [0.25, 0.3) is 11.8 Å². The number of nitro groups is 1. The Morgan fingerprint density at radius 1 is 1.19 bits per heavy atom. The Hall–Kier alpha value is -4.42. The highest BCUT2D eigenvalue weighted by molar-refractivity contribution is 6.39. The van der Waals surface area contributed by atoms with E-state index in [1.165, 1.54) is 0 Å². The number of nitrogens with one attached hydrogen (secondary N) is 1. The molecule has 13 heteroatoms. The summed E-state index contributed by atoms with van der Waals surface area (Å²) in [4.78, 5) is 47.8. The van der Waals surface area contributed by atoms with E-state index in [9.17, 15) is 42.8 Å². The molecule has 4 amide bonds. The van der Waals surface area contributed by atoms with Crippen molar-refractivity contribution < 1.29 is 42.3 Å². The van der Waals surface area contributed by atoms with Gasteiger partial charge in [0.1, 0.15) is 5.57 Å². The summed E-state index contributed by atoms with van der Waals surface area (Å²) in [5.74, 6) is -3.55. The molecule has 0 unspecified atom stereocenters. The molecule has 0 saturated carbocycles. The summed E-state index contributed by atoms with van der Waals surface area (Å²) >= 11 is 0. The van der Waals surface area contributed by atoms with E-state index in [2.05, 4.69) is 0 Å². The molecule has 0 radical (unpaired) electrons. The van der Waals surface area contributed by atoms with Crippen LogP contribution in [0.1, 0.15) is 11.1 Å². The van der Waals surface area contributed by atoms with Gasteiger partial charge in [0, 0.05) is 6.07 Å². The van der Waals surface area contributed by atoms with Crippen molar-refractivity contribution >= 4 is 35.3 Å². The molecular formula is C19H12F3N3O7. The topological polar surface area (TPSA) is 139 Å². The maximum atomic E-state index is 13.0. The quantitative estimate of drug-likeness (QED) is 0.315. The number of barbiturate groups is 1. The zero-order valence-corrected chi connectivity index (χ0v) is 16.0. The number of phenolic OH excluding ortho intramolecular Hbond substituents is 1. The summed E-state index contributed by atoms with van der Waals surface area (Å²) in [6, 6.07) is 3.99. The predicted molar refractivity (Wildman–Crippen MR) is 102 cm³/mol. The van der Waals surface area contributed by atoms with Gasteiger partial charge in [-0.3, -0.25) is 25.0 Å². The van der Waals surface area contributed by atoms with Crippen LogP contribution in [-0.2, 0) is 15.8 Å². The van der Waals surface area contributed by atoms with Gasteiger partial charge in [-0.2, -0.15) is 13.2 Å². The third-order valence-corrected chi connectivity index (χ3v) is 4.34. The molecule has 0 spiro atoms. The Bertz CT molecular complexity index is 1190. The van der Waals surface area contributed by atoms with Crippen molar-refractivity contribution in [3.8, 4) is 11.5 Å². The number of ether oxygens (including phenoxy) is 1. The number of rotatable bonds is 4. The van der Waals surface area contributed by atoms with Gasteiger partial charge in [-0.05, 0) is 35.9 Å². The van der Waals surface area contributed by atoms with Crippen LogP contribution < -0.4 is 15.0 Å². The number of hydrogen-bond donors (Lipinski definition) is 2. The van der Waals surface area contributed by atoms with E-state index in [4.69, 9.17) is 4.74 Å². The molecule has 1 fully saturated rings. The SMILES string of the molecule is COc1cc(C=C2C(=O)NC(=O)N(c3cccc(C(F)(F)F)c3)C2=O)cc([N+](=O)[O-])c1O. The lowest BCUT2D eigenvalue weighted by atomic mass is 10.0. The van der Waals surface area contributed by atoms with E-state index >= 15 is 0 Å². The normalized spacial score (nSPS) is 15.7. The van der Waals surface area contributed by atoms with Crippen LogP contribution in [0.15, 0.2) is 42.0 Å². The van der Waals surface area contributed by atoms with E-state index in [1.54, 1.807) is 0 Å². The van der Waals surface area contributed by atoms with Gasteiger partial charge in [0.2, 0.25) is 5.75 Å². The molecule has 1 saturated heterocycles. The van der Waals surface area contributed by atoms with Crippen molar-refractivity contribution in [3.63, 3.8) is 0 Å². The number of hydrogen-bond acceptors (Lipinski definition) is 7. The lowest BCUT2D eigenvalue weighted by Crippen LogP contribution is -2.54. The Balaban J connectivity index is 2.09. The van der Waals surface area contributed by atoms with Crippen molar-refractivity contribution in [2.45, 2.75) is 6.18 Å². The number of nitrogens with zero attached hydrogens (tertiary/aromatic N) is 2. The molecule has 0 bridgehead atoms. The summed E-state index contributed by atoms with van der Waals surface area (Å²) in [5, 5.41) is 22.8. The van der Waals surface area contributed by atoms with Crippen LogP contribution in [0.5, 0.6) is 11.5 Å². The Labute approximate surface area is 176 Å². The molecule has 2 aromatic carbocycles. The van der Waals surface area contributed by atoms with Crippen LogP contribution in [0.25, 0.3) is 6.08 Å². The first-order valence-electron chi connectivity index (χ1n) is 8.58. The molecule has 3 rings (SSSR count). The highest BCUT2D eigenvalue weighted by atomic mass is 19.4. The zero-order chi connectivity index (χ0) is 23.8. The Kier molecular flexibility index (Phi) is 5.58. The predicted octanol–water partition coefficient (Wildman–Crippen LogP) is 2.99. The van der Waals surface area contributed by atoms with E-state index in [1.807, 2.05) is 5.32 Å². The lowest BCUT2D eigenvalue weighted by Gasteiger charge is -2.26. The number of aromatic hydroxyl groups is 1. The number of urea groups is 1. The van der Waals surface area contributed by atoms with Crippen LogP contribution in [0.3, 0.4) is 0 Å². The van der Waals surface area contributed by atoms with Crippen molar-refractivity contribution in [2.24, 2.45) is 0 Å². The van der Waals surface area contributed by atoms with Crippen molar-refractivity contribution in [1.29, 1.82) is 0 Å². The third kappa shape index (κ3) is 4.08. The molecule has 2 aromatic rings. The van der Waals surface area contributed by atoms with Gasteiger partial charge < -0.3 is 9.84 Å². The minimum absolute atomic E-state index is 0.122. The summed E-state index contributed by atoms with van der Waals surface area (Å²) in [6.07, 6.45) is -3.87. The molecule has 32 heavy (non-hydrogen) atoms. The first-order chi connectivity index (χ1) is 14.9. The van der Waals surface area contributed by atoms with Crippen molar-refractivity contribution in [1.82, 2.24) is 5.32 Å². The smallest absolute Gasteiger partial charge is 0.416 e. The number of carbonyl (C=O) groups excluding carboxylic acids is 3. The number of methoxy groups -OCH3 is 1. The maximum Gasteiger partial charge on any atom is 0.416 e. The molecule has 166 valence electrons. The van der Waals surface area contributed by atoms with Crippen LogP contribution in [0.4, 0.5) is 29.3 Å². The fourth-order valence-corrected chi connectivity index (χ4v) is 2.87. The number of nitro benzene ring substituents is 1. The van der Waals surface area contributed by atoms with Crippen LogP contribution in [0, 0.1) is 10.1 Å². The molecule has 1 heterocycles. The second-order valence-corrected chi connectivity index (χ2v) is 6.35. The van der Waals surface area contributed by atoms with E-state index in [0.717, 1.165) is 43.5 Å². The third-order valence-electron chi connectivity index (χ3n) is 4.34. The first kappa shape index (κ1) is 22.3. The minimum Gasteiger partial charge on any atom is -0.500 e. The van der Waals surface area contributed by atoms with E-state index in [-0.39, 0.29) is 11.3 Å². The van der Waals surface area contributed by atoms with Crippen LogP contribution >= 0.6 is 0 Å². The van der Waals surface area contributed by atoms with Crippen LogP contribution in [-0.4, -0.2) is 35.0 Å². The zero-order valence-electron chi connectivity index (χ0n) is 16.0. The fourth-order valence-electron chi connectivity index (χ4n) is 2.87. The highest BCUT2D eigenvalue weighted by Gasteiger charge is 2.38. The minimum atomic E-state index is -4.75. The molecule has 0 atom stereocenters. The largest absolute Gasteiger partial charge is 0.500 e. The lowest BCUT2D eigenvalue weighted by molar-refractivity contribution is -0.386. The average molecular weight is 451 g/mol. The average Bonchev–Trinajstić information content (AvgIpc) is 2.71. The van der Waals surface area contributed by atoms with E-state index < -0.39 is 57.2 Å². The molecule has 2 N–H and O–H groups in total. The number of alkyl halides is 3. The monoisotopic (exact) mass is 451 g/mol. The van der Waals surface area contributed by atoms with Gasteiger partial charge in [-0.25, -0.2) is 9.69 Å². The number of phenols is 1. The molecule has 1 aliphatic rings. The number of carbonyl (C=O) groups is 3. The van der Waals surface area contributed by atoms with Gasteiger partial charge in [-0.1, -0.05) is 6.07 Å². The molecule has 1 aliphatic heterocycles. The number of anilines is 1. The van der Waals surface area contributed by atoms with Crippen molar-refractivity contribution in [2.75, 3.05) is 12.0 Å². The molecule has 0 aromatic heterocycles. The molecule has 0 aliphatic carbocycles. The summed E-state index contributed by atoms with van der Waals surface area (Å²) in [7, 11) is 1.11. The summed E-state index contributed by atoms with van der Waals surface area (Å²) in [5.41, 5.74) is -3.18. The Morgan fingerprint density at radius 3 is 2.47 bits per heavy atom. The van der Waals surface area contributed by atoms with Crippen molar-refractivity contribution in [3.05, 3.63) is 63.2 Å². The summed E-state index contributed by atoms with van der Waals surface area (Å²) in [6.45, 7) is 0. The number of benzene rings is 2.